The molecule has 9 heteroatoms. The van der Waals surface area contributed by atoms with Gasteiger partial charge in [-0.1, -0.05) is 6.07 Å². The molecule has 0 saturated heterocycles. The van der Waals surface area contributed by atoms with Crippen LogP contribution in [0.3, 0.4) is 0 Å². The normalized spacial score (nSPS) is 12.2. The minimum atomic E-state index is -1.05. The topological polar surface area (TPSA) is 104 Å². The molecule has 0 aliphatic heterocycles. The number of ether oxygens (including phenoxy) is 1. The van der Waals surface area contributed by atoms with Gasteiger partial charge in [-0.25, -0.2) is 4.98 Å². The predicted octanol–water partition coefficient (Wildman–Crippen LogP) is 1.60. The molecule has 0 aromatic carbocycles. The fourth-order valence-electron chi connectivity index (χ4n) is 2.12. The first kappa shape index (κ1) is 16.3. The highest BCUT2D eigenvalue weighted by Gasteiger charge is 2.18. The van der Waals surface area contributed by atoms with E-state index in [-0.39, 0.29) is 12.1 Å². The van der Waals surface area contributed by atoms with Gasteiger partial charge < -0.3 is 10.5 Å². The number of thiophene rings is 2. The molecule has 7 nitrogen and oxygen atoms in total. The first-order valence-corrected chi connectivity index (χ1v) is 8.72. The largest absolute Gasteiger partial charge is 0.451 e. The second kappa shape index (κ2) is 6.54. The summed E-state index contributed by atoms with van der Waals surface area (Å²) in [4.78, 5) is 41.3. The molecule has 1 unspecified atom stereocenters. The number of rotatable bonds is 5. The Labute approximate surface area is 144 Å². The van der Waals surface area contributed by atoms with Gasteiger partial charge in [-0.2, -0.15) is 0 Å². The quantitative estimate of drug-likeness (QED) is 0.694. The van der Waals surface area contributed by atoms with E-state index < -0.39 is 18.0 Å². The molecule has 0 bridgehead atoms. The summed E-state index contributed by atoms with van der Waals surface area (Å²) in [5, 5.41) is 4.28. The van der Waals surface area contributed by atoms with Crippen LogP contribution in [0.4, 0.5) is 0 Å². The third-order valence-corrected chi connectivity index (χ3v) is 5.15. The monoisotopic (exact) mass is 363 g/mol. The molecule has 0 aliphatic rings. The number of amides is 1. The molecule has 3 aromatic heterocycles. The van der Waals surface area contributed by atoms with Crippen molar-refractivity contribution in [2.75, 3.05) is 0 Å². The Balaban J connectivity index is 1.94. The highest BCUT2D eigenvalue weighted by molar-refractivity contribution is 7.18. The van der Waals surface area contributed by atoms with Crippen LogP contribution in [0.2, 0.25) is 0 Å². The van der Waals surface area contributed by atoms with Crippen molar-refractivity contribution in [2.45, 2.75) is 19.6 Å². The number of carbonyl (C=O) groups is 2. The summed E-state index contributed by atoms with van der Waals surface area (Å²) in [5.74, 6) is -1.47. The molecule has 1 atom stereocenters. The van der Waals surface area contributed by atoms with Gasteiger partial charge in [0.1, 0.15) is 11.4 Å². The zero-order valence-corrected chi connectivity index (χ0v) is 14.2. The molecule has 0 fully saturated rings. The van der Waals surface area contributed by atoms with E-state index >= 15 is 0 Å². The summed E-state index contributed by atoms with van der Waals surface area (Å²) in [6, 6.07) is 3.83. The van der Waals surface area contributed by atoms with Gasteiger partial charge in [0, 0.05) is 15.8 Å². The van der Waals surface area contributed by atoms with Crippen molar-refractivity contribution in [3.05, 3.63) is 39.6 Å². The Hall–Kier alpha value is -2.52. The van der Waals surface area contributed by atoms with Gasteiger partial charge in [0.15, 0.2) is 6.10 Å². The average Bonchev–Trinajstić information content (AvgIpc) is 3.18. The number of carbonyl (C=O) groups excluding carboxylic acids is 2. The lowest BCUT2D eigenvalue weighted by molar-refractivity contribution is -0.154. The number of fused-ring (bicyclic) bond motifs is 1. The van der Waals surface area contributed by atoms with E-state index in [9.17, 15) is 14.4 Å². The van der Waals surface area contributed by atoms with Gasteiger partial charge in [-0.05, 0) is 18.4 Å². The van der Waals surface area contributed by atoms with Crippen LogP contribution in [0.25, 0.3) is 20.7 Å². The molecule has 3 rings (SSSR count). The van der Waals surface area contributed by atoms with Gasteiger partial charge in [0.25, 0.3) is 11.5 Å². The predicted molar refractivity (Wildman–Crippen MR) is 91.9 cm³/mol. The molecule has 124 valence electrons. The van der Waals surface area contributed by atoms with E-state index in [1.807, 2.05) is 22.9 Å². The van der Waals surface area contributed by atoms with Gasteiger partial charge in [-0.15, -0.1) is 22.7 Å². The Morgan fingerprint density at radius 1 is 1.42 bits per heavy atom. The smallest absolute Gasteiger partial charge is 0.326 e. The standard InChI is InChI=1S/C15H13N3O4S2/c1-8(13(16)20)22-11(19)5-18-7-17-14-12(15(18)21)9(6-24-14)10-3-2-4-23-10/h2-4,6-8H,5H2,1H3,(H2,16,20). The molecule has 1 amide bonds. The number of hydrogen-bond donors (Lipinski definition) is 1. The lowest BCUT2D eigenvalue weighted by atomic mass is 10.2. The molecular formula is C15H13N3O4S2. The zero-order chi connectivity index (χ0) is 17.3. The number of aromatic nitrogens is 2. The van der Waals surface area contributed by atoms with Crippen molar-refractivity contribution >= 4 is 44.8 Å². The molecule has 24 heavy (non-hydrogen) atoms. The summed E-state index contributed by atoms with van der Waals surface area (Å²) in [6.45, 7) is 1.04. The molecule has 0 spiro atoms. The van der Waals surface area contributed by atoms with Crippen molar-refractivity contribution in [1.82, 2.24) is 9.55 Å². The lowest BCUT2D eigenvalue weighted by Gasteiger charge is -2.10. The summed E-state index contributed by atoms with van der Waals surface area (Å²) < 4.78 is 6.04. The Bertz CT molecular complexity index is 959. The Morgan fingerprint density at radius 3 is 2.88 bits per heavy atom. The van der Waals surface area contributed by atoms with E-state index in [4.69, 9.17) is 10.5 Å². The fourth-order valence-corrected chi connectivity index (χ4v) is 3.85. The van der Waals surface area contributed by atoms with E-state index in [0.717, 1.165) is 10.4 Å². The molecule has 3 aromatic rings. The summed E-state index contributed by atoms with van der Waals surface area (Å²) >= 11 is 2.90. The molecule has 0 saturated carbocycles. The summed E-state index contributed by atoms with van der Waals surface area (Å²) in [6.07, 6.45) is 0.253. The van der Waals surface area contributed by atoms with Crippen LogP contribution in [-0.2, 0) is 20.9 Å². The average molecular weight is 363 g/mol. The Kier molecular flexibility index (Phi) is 4.45. The number of nitrogens with two attached hydrogens (primary N) is 1. The molecular weight excluding hydrogens is 350 g/mol. The SMILES string of the molecule is CC(OC(=O)Cn1cnc2scc(-c3cccs3)c2c1=O)C(N)=O. The molecule has 0 radical (unpaired) electrons. The molecule has 3 heterocycles. The number of primary amides is 1. The highest BCUT2D eigenvalue weighted by Crippen LogP contribution is 2.33. The minimum absolute atomic E-state index is 0.326. The lowest BCUT2D eigenvalue weighted by Crippen LogP contribution is -2.33. The van der Waals surface area contributed by atoms with Gasteiger partial charge in [-0.3, -0.25) is 19.0 Å². The van der Waals surface area contributed by atoms with Crippen LogP contribution >= 0.6 is 22.7 Å². The number of hydrogen-bond acceptors (Lipinski definition) is 7. The van der Waals surface area contributed by atoms with Gasteiger partial charge in [0.2, 0.25) is 0 Å². The number of esters is 1. The van der Waals surface area contributed by atoms with Crippen molar-refractivity contribution in [1.29, 1.82) is 0 Å². The third kappa shape index (κ3) is 3.08. The zero-order valence-electron chi connectivity index (χ0n) is 12.6. The van der Waals surface area contributed by atoms with Crippen LogP contribution < -0.4 is 11.3 Å². The van der Waals surface area contributed by atoms with Crippen LogP contribution in [0.5, 0.6) is 0 Å². The maximum atomic E-state index is 12.7. The maximum Gasteiger partial charge on any atom is 0.326 e. The second-order valence-corrected chi connectivity index (χ2v) is 6.82. The van der Waals surface area contributed by atoms with E-state index in [1.165, 1.54) is 40.5 Å². The van der Waals surface area contributed by atoms with Crippen LogP contribution in [0, 0.1) is 0 Å². The van der Waals surface area contributed by atoms with Crippen molar-refractivity contribution in [2.24, 2.45) is 5.73 Å². The van der Waals surface area contributed by atoms with Gasteiger partial charge in [0.05, 0.1) is 11.7 Å². The second-order valence-electron chi connectivity index (χ2n) is 5.02. The molecule has 2 N–H and O–H groups in total. The van der Waals surface area contributed by atoms with Crippen LogP contribution in [-0.4, -0.2) is 27.5 Å². The molecule has 0 aliphatic carbocycles. The first-order valence-electron chi connectivity index (χ1n) is 6.96. The van der Waals surface area contributed by atoms with Crippen molar-refractivity contribution in [3.63, 3.8) is 0 Å². The van der Waals surface area contributed by atoms with E-state index in [2.05, 4.69) is 4.98 Å². The minimum Gasteiger partial charge on any atom is -0.451 e. The highest BCUT2D eigenvalue weighted by atomic mass is 32.1. The maximum absolute atomic E-state index is 12.7. The van der Waals surface area contributed by atoms with E-state index in [1.54, 1.807) is 0 Å². The van der Waals surface area contributed by atoms with Crippen molar-refractivity contribution in [3.8, 4) is 10.4 Å². The summed E-state index contributed by atoms with van der Waals surface area (Å²) in [5.41, 5.74) is 5.52. The van der Waals surface area contributed by atoms with E-state index in [0.29, 0.717) is 10.2 Å². The third-order valence-electron chi connectivity index (χ3n) is 3.36. The first-order chi connectivity index (χ1) is 11.5. The van der Waals surface area contributed by atoms with Crippen LogP contribution in [0.1, 0.15) is 6.92 Å². The number of nitrogens with zero attached hydrogens (tertiary/aromatic N) is 2. The fraction of sp³-hybridized carbons (Fsp3) is 0.200. The summed E-state index contributed by atoms with van der Waals surface area (Å²) in [7, 11) is 0. The van der Waals surface area contributed by atoms with Crippen molar-refractivity contribution < 1.29 is 14.3 Å². The van der Waals surface area contributed by atoms with Crippen LogP contribution in [0.15, 0.2) is 34.0 Å². The Morgan fingerprint density at radius 2 is 2.21 bits per heavy atom. The van der Waals surface area contributed by atoms with Gasteiger partial charge >= 0.3 is 5.97 Å².